The number of aliphatic carboxylic acids is 1. The van der Waals surface area contributed by atoms with Gasteiger partial charge < -0.3 is 35.0 Å². The van der Waals surface area contributed by atoms with E-state index in [1.807, 2.05) is 32.0 Å². The molecule has 0 aliphatic heterocycles. The largest absolute Gasteiger partial charge is 0.481 e. The van der Waals surface area contributed by atoms with Crippen molar-refractivity contribution in [3.05, 3.63) is 113 Å². The van der Waals surface area contributed by atoms with Crippen LogP contribution < -0.4 is 5.32 Å². The maximum absolute atomic E-state index is 14.3. The number of carbonyl (C=O) groups is 4. The number of rotatable bonds is 15. The Balaban J connectivity index is 1.87. The first-order valence-electron chi connectivity index (χ1n) is 16.0. The Labute approximate surface area is 288 Å². The lowest BCUT2D eigenvalue weighted by Gasteiger charge is -2.17. The highest BCUT2D eigenvalue weighted by atomic mass is 19.1. The van der Waals surface area contributed by atoms with Crippen molar-refractivity contribution in [3.63, 3.8) is 0 Å². The summed E-state index contributed by atoms with van der Waals surface area (Å²) in [6.07, 6.45) is -0.331. The van der Waals surface area contributed by atoms with Gasteiger partial charge in [-0.25, -0.2) is 14.0 Å². The molecule has 50 heavy (non-hydrogen) atoms. The zero-order chi connectivity index (χ0) is 36.5. The number of hydrogen-bond acceptors (Lipinski definition) is 7. The monoisotopic (exact) mass is 686 g/mol. The Morgan fingerprint density at radius 1 is 0.900 bits per heavy atom. The molecule has 1 heterocycles. The lowest BCUT2D eigenvalue weighted by Crippen LogP contribution is -2.27. The zero-order valence-electron chi connectivity index (χ0n) is 27.8. The Kier molecular flexibility index (Phi) is 12.4. The van der Waals surface area contributed by atoms with Gasteiger partial charge in [-0.3, -0.25) is 9.59 Å². The van der Waals surface area contributed by atoms with Crippen LogP contribution in [0.15, 0.2) is 78.9 Å². The van der Waals surface area contributed by atoms with Crippen LogP contribution in [-0.2, 0) is 16.1 Å². The van der Waals surface area contributed by atoms with Crippen LogP contribution in [0.25, 0.3) is 28.3 Å². The van der Waals surface area contributed by atoms with Crippen LogP contribution in [0.2, 0.25) is 0 Å². The van der Waals surface area contributed by atoms with Crippen molar-refractivity contribution < 1.29 is 48.7 Å². The first kappa shape index (κ1) is 37.2. The average Bonchev–Trinajstić information content (AvgIpc) is 3.42. The van der Waals surface area contributed by atoms with E-state index >= 15 is 0 Å². The van der Waals surface area contributed by atoms with Crippen molar-refractivity contribution in [2.45, 2.75) is 58.4 Å². The van der Waals surface area contributed by atoms with Crippen molar-refractivity contribution in [2.75, 3.05) is 6.61 Å². The first-order chi connectivity index (χ1) is 23.8. The highest BCUT2D eigenvalue weighted by Crippen LogP contribution is 2.42. The molecule has 2 atom stereocenters. The summed E-state index contributed by atoms with van der Waals surface area (Å²) in [5.74, 6) is -4.31. The van der Waals surface area contributed by atoms with Crippen molar-refractivity contribution >= 4 is 29.9 Å². The number of aromatic carboxylic acids is 1. The van der Waals surface area contributed by atoms with E-state index in [4.69, 9.17) is 9.84 Å². The Bertz CT molecular complexity index is 1880. The molecule has 0 saturated heterocycles. The maximum Gasteiger partial charge on any atom is 0.338 e. The van der Waals surface area contributed by atoms with E-state index in [2.05, 4.69) is 5.32 Å². The molecule has 12 heteroatoms. The number of carboxylic acid groups (broad SMARTS) is 2. The fourth-order valence-corrected chi connectivity index (χ4v) is 5.70. The second kappa shape index (κ2) is 16.7. The molecular formula is C38H39FN2O9. The molecule has 4 aromatic rings. The van der Waals surface area contributed by atoms with Crippen LogP contribution >= 0.6 is 0 Å². The van der Waals surface area contributed by atoms with Gasteiger partial charge in [-0.2, -0.15) is 0 Å². The molecule has 5 N–H and O–H groups in total. The van der Waals surface area contributed by atoms with E-state index in [1.54, 1.807) is 41.8 Å². The minimum Gasteiger partial charge on any atom is -0.481 e. The number of aliphatic hydroxyl groups is 2. The normalized spacial score (nSPS) is 12.5. The molecule has 0 aliphatic rings. The smallest absolute Gasteiger partial charge is 0.338 e. The van der Waals surface area contributed by atoms with E-state index in [-0.39, 0.29) is 42.4 Å². The van der Waals surface area contributed by atoms with Crippen LogP contribution in [0.3, 0.4) is 0 Å². The second-order valence-electron chi connectivity index (χ2n) is 11.8. The lowest BCUT2D eigenvalue weighted by atomic mass is 9.94. The zero-order valence-corrected chi connectivity index (χ0v) is 27.8. The lowest BCUT2D eigenvalue weighted by molar-refractivity contribution is -0.139. The molecule has 0 aliphatic carbocycles. The third-order valence-corrected chi connectivity index (χ3v) is 7.83. The predicted molar refractivity (Wildman–Crippen MR) is 184 cm³/mol. The van der Waals surface area contributed by atoms with Gasteiger partial charge in [0.05, 0.1) is 36.4 Å². The average molecular weight is 687 g/mol. The number of aliphatic hydroxyl groups excluding tert-OH is 2. The molecule has 0 saturated carbocycles. The van der Waals surface area contributed by atoms with Gasteiger partial charge in [0.2, 0.25) is 0 Å². The number of esters is 1. The molecule has 0 fully saturated rings. The second-order valence-corrected chi connectivity index (χ2v) is 11.8. The van der Waals surface area contributed by atoms with Crippen LogP contribution in [0.4, 0.5) is 4.39 Å². The maximum atomic E-state index is 14.3. The van der Waals surface area contributed by atoms with Crippen molar-refractivity contribution in [1.82, 2.24) is 9.88 Å². The molecule has 0 bridgehead atoms. The van der Waals surface area contributed by atoms with Gasteiger partial charge in [0.1, 0.15) is 11.5 Å². The minimum atomic E-state index is -1.33. The Morgan fingerprint density at radius 3 is 2.16 bits per heavy atom. The molecule has 3 aromatic carbocycles. The van der Waals surface area contributed by atoms with E-state index in [0.717, 1.165) is 0 Å². The van der Waals surface area contributed by atoms with Gasteiger partial charge in [-0.15, -0.1) is 0 Å². The molecule has 11 nitrogen and oxygen atoms in total. The summed E-state index contributed by atoms with van der Waals surface area (Å²) in [7, 11) is 0. The highest BCUT2D eigenvalue weighted by Gasteiger charge is 2.29. The SMILES string of the molecule is CCOC(=O)c1ccc(CNC(=O)c2c(-c3ccccc3)c(-c3ccc(F)cc3)c(C=CC(O)CC(O)CC(=O)O)n2C(C)C)cc1C(=O)O. The topological polar surface area (TPSA) is 175 Å². The summed E-state index contributed by atoms with van der Waals surface area (Å²) in [5.41, 5.74) is 3.02. The first-order valence-corrected chi connectivity index (χ1v) is 16.0. The van der Waals surface area contributed by atoms with Crippen LogP contribution in [-0.4, -0.2) is 67.6 Å². The summed E-state index contributed by atoms with van der Waals surface area (Å²) in [5, 5.41) is 42.5. The number of carbonyl (C=O) groups excluding carboxylic acids is 2. The highest BCUT2D eigenvalue weighted by molar-refractivity contribution is 6.06. The number of halogens is 1. The van der Waals surface area contributed by atoms with E-state index in [9.17, 15) is 38.9 Å². The van der Waals surface area contributed by atoms with Gasteiger partial charge in [0, 0.05) is 35.8 Å². The number of ether oxygens (including phenoxy) is 1. The molecule has 2 unspecified atom stereocenters. The van der Waals surface area contributed by atoms with E-state index in [0.29, 0.717) is 33.5 Å². The van der Waals surface area contributed by atoms with Crippen molar-refractivity contribution in [3.8, 4) is 22.3 Å². The number of hydrogen-bond donors (Lipinski definition) is 5. The fourth-order valence-electron chi connectivity index (χ4n) is 5.70. The van der Waals surface area contributed by atoms with Gasteiger partial charge >= 0.3 is 17.9 Å². The summed E-state index contributed by atoms with van der Waals surface area (Å²) in [4.78, 5) is 49.7. The molecule has 0 radical (unpaired) electrons. The van der Waals surface area contributed by atoms with Gasteiger partial charge in [-0.1, -0.05) is 54.6 Å². The molecule has 262 valence electrons. The number of aromatic nitrogens is 1. The van der Waals surface area contributed by atoms with E-state index in [1.165, 1.54) is 36.4 Å². The van der Waals surface area contributed by atoms with Gasteiger partial charge in [-0.05, 0) is 67.8 Å². The Hall–Kier alpha value is -5.59. The standard InChI is InChI=1S/C38H39FN2O9/c1-4-50-38(49)29-16-10-23(18-30(29)37(47)48)21-40-36(46)35-34(24-8-6-5-7-9-24)33(25-11-13-26(39)14-12-25)31(41(35)22(2)3)17-15-27(42)19-28(43)20-32(44)45/h5-18,22,27-28,42-43H,4,19-21H2,1-3H3,(H,40,46)(H,44,45)(H,47,48). The summed E-state index contributed by atoms with van der Waals surface area (Å²) in [6.45, 7) is 5.29. The fraction of sp³-hybridized carbons (Fsp3) is 0.263. The van der Waals surface area contributed by atoms with Crippen LogP contribution in [0, 0.1) is 5.82 Å². The van der Waals surface area contributed by atoms with Gasteiger partial charge in [0.25, 0.3) is 5.91 Å². The quantitative estimate of drug-likeness (QED) is 0.0947. The minimum absolute atomic E-state index is 0.0671. The predicted octanol–water partition coefficient (Wildman–Crippen LogP) is 5.95. The van der Waals surface area contributed by atoms with Crippen molar-refractivity contribution in [1.29, 1.82) is 0 Å². The number of nitrogens with one attached hydrogen (secondary N) is 1. The molecule has 0 spiro atoms. The van der Waals surface area contributed by atoms with E-state index < -0.39 is 48.3 Å². The van der Waals surface area contributed by atoms with Crippen LogP contribution in [0.1, 0.15) is 82.1 Å². The summed E-state index contributed by atoms with van der Waals surface area (Å²) >= 11 is 0. The summed E-state index contributed by atoms with van der Waals surface area (Å²) in [6, 6.07) is 18.6. The summed E-state index contributed by atoms with van der Waals surface area (Å²) < 4.78 is 20.9. The molecular weight excluding hydrogens is 647 g/mol. The van der Waals surface area contributed by atoms with Crippen LogP contribution in [0.5, 0.6) is 0 Å². The van der Waals surface area contributed by atoms with Gasteiger partial charge in [0.15, 0.2) is 0 Å². The number of amides is 1. The molecule has 1 aromatic heterocycles. The third-order valence-electron chi connectivity index (χ3n) is 7.83. The van der Waals surface area contributed by atoms with Crippen molar-refractivity contribution in [2.24, 2.45) is 0 Å². The molecule has 4 rings (SSSR count). The number of carboxylic acids is 2. The Morgan fingerprint density at radius 2 is 1.56 bits per heavy atom. The number of nitrogens with zero attached hydrogens (tertiary/aromatic N) is 1. The number of benzene rings is 3. The third kappa shape index (κ3) is 8.90. The molecule has 1 amide bonds.